The van der Waals surface area contributed by atoms with Crippen molar-refractivity contribution in [3.05, 3.63) is 0 Å². The van der Waals surface area contributed by atoms with Gasteiger partial charge in [0, 0.05) is 13.8 Å². The summed E-state index contributed by atoms with van der Waals surface area (Å²) in [5.74, 6) is -1.26. The Morgan fingerprint density at radius 2 is 1.07 bits per heavy atom. The molecule has 2 amide bonds. The lowest BCUT2D eigenvalue weighted by atomic mass is 9.94. The Morgan fingerprint density at radius 1 is 0.600 bits per heavy atom. The number of hydrogen-bond donors (Lipinski definition) is 11. The third kappa shape index (κ3) is 7.05. The maximum atomic E-state index is 11.6. The lowest BCUT2D eigenvalue weighted by Crippen LogP contribution is -2.69. The van der Waals surface area contributed by atoms with Gasteiger partial charge in [0.25, 0.3) is 0 Å². The largest absolute Gasteiger partial charge is 0.394 e. The quantitative estimate of drug-likeness (QED) is 0.120. The van der Waals surface area contributed by atoms with E-state index in [1.165, 1.54) is 0 Å². The summed E-state index contributed by atoms with van der Waals surface area (Å²) in [5.41, 5.74) is 0. The molecule has 0 aromatic carbocycles. The first-order valence-corrected chi connectivity index (χ1v) is 12.6. The van der Waals surface area contributed by atoms with Gasteiger partial charge in [-0.15, -0.1) is 0 Å². The Hall–Kier alpha value is -1.62. The number of ether oxygens (including phenoxy) is 5. The zero-order chi connectivity index (χ0) is 29.9. The van der Waals surface area contributed by atoms with Crippen molar-refractivity contribution in [2.45, 2.75) is 106 Å². The van der Waals surface area contributed by atoms with Gasteiger partial charge >= 0.3 is 0 Å². The number of hydrogen-bond acceptors (Lipinski definition) is 16. The fourth-order valence-electron chi connectivity index (χ4n) is 4.88. The number of carbonyl (C=O) groups excluding carboxylic acids is 2. The van der Waals surface area contributed by atoms with Crippen LogP contribution in [0.25, 0.3) is 0 Å². The van der Waals surface area contributed by atoms with Crippen LogP contribution in [0.1, 0.15) is 13.8 Å². The van der Waals surface area contributed by atoms with E-state index >= 15 is 0 Å². The van der Waals surface area contributed by atoms with Gasteiger partial charge < -0.3 is 80.3 Å². The molecule has 0 aliphatic carbocycles. The summed E-state index contributed by atoms with van der Waals surface area (Å²) in [4.78, 5) is 23.1. The van der Waals surface area contributed by atoms with Crippen molar-refractivity contribution in [1.29, 1.82) is 0 Å². The van der Waals surface area contributed by atoms with Crippen LogP contribution in [0.3, 0.4) is 0 Å². The Morgan fingerprint density at radius 3 is 1.60 bits per heavy atom. The zero-order valence-corrected chi connectivity index (χ0v) is 21.7. The molecular weight excluding hydrogens is 548 g/mol. The predicted octanol–water partition coefficient (Wildman–Crippen LogP) is -7.29. The normalized spacial score (nSPS) is 46.0. The topological polar surface area (TPSA) is 286 Å². The summed E-state index contributed by atoms with van der Waals surface area (Å²) < 4.78 is 27.3. The molecule has 0 radical (unpaired) electrons. The van der Waals surface area contributed by atoms with Crippen LogP contribution >= 0.6 is 0 Å². The lowest BCUT2D eigenvalue weighted by Gasteiger charge is -2.48. The number of carbonyl (C=O) groups is 2. The SMILES string of the molecule is CC(=O)N[C@H]1[C@@H](O)[C@@H](CO)O[C@@H](O[C@H]2[C@@H](O)[C@@H](CO)O[C@@H](O[C@H]3[C@H](O)[C@@H](NC(C)=O)[C@@H](O)O[C@@H]3CO)[C@@H]2O)[C@@H]1O. The molecule has 15 atom stereocenters. The zero-order valence-electron chi connectivity index (χ0n) is 21.7. The molecule has 3 heterocycles. The van der Waals surface area contributed by atoms with Crippen molar-refractivity contribution < 1.29 is 79.2 Å². The van der Waals surface area contributed by atoms with E-state index in [-0.39, 0.29) is 0 Å². The van der Waals surface area contributed by atoms with Crippen molar-refractivity contribution in [1.82, 2.24) is 10.6 Å². The molecule has 3 rings (SSSR count). The summed E-state index contributed by atoms with van der Waals surface area (Å²) >= 11 is 0. The molecule has 0 spiro atoms. The van der Waals surface area contributed by atoms with E-state index in [1.807, 2.05) is 0 Å². The number of rotatable bonds is 9. The molecule has 18 nitrogen and oxygen atoms in total. The number of aliphatic hydroxyl groups excluding tert-OH is 9. The minimum Gasteiger partial charge on any atom is -0.394 e. The number of nitrogens with one attached hydrogen (secondary N) is 2. The Kier molecular flexibility index (Phi) is 11.5. The van der Waals surface area contributed by atoms with E-state index in [1.54, 1.807) is 0 Å². The molecule has 40 heavy (non-hydrogen) atoms. The monoisotopic (exact) mass is 586 g/mol. The molecular formula is C22H38N2O16. The second kappa shape index (κ2) is 14.0. The average Bonchev–Trinajstić information content (AvgIpc) is 2.90. The van der Waals surface area contributed by atoms with E-state index in [2.05, 4.69) is 10.6 Å². The summed E-state index contributed by atoms with van der Waals surface area (Å²) in [7, 11) is 0. The van der Waals surface area contributed by atoms with Crippen molar-refractivity contribution in [3.63, 3.8) is 0 Å². The van der Waals surface area contributed by atoms with Gasteiger partial charge in [0.15, 0.2) is 18.9 Å². The minimum atomic E-state index is -1.93. The van der Waals surface area contributed by atoms with Crippen molar-refractivity contribution in [3.8, 4) is 0 Å². The van der Waals surface area contributed by atoms with Gasteiger partial charge in [0.1, 0.15) is 67.1 Å². The fraction of sp³-hybridized carbons (Fsp3) is 0.909. The smallest absolute Gasteiger partial charge is 0.217 e. The molecule has 3 aliphatic rings. The van der Waals surface area contributed by atoms with E-state index in [4.69, 9.17) is 23.7 Å². The van der Waals surface area contributed by atoms with Crippen molar-refractivity contribution in [2.75, 3.05) is 19.8 Å². The molecule has 0 bridgehead atoms. The van der Waals surface area contributed by atoms with Crippen LogP contribution in [-0.4, -0.2) is 170 Å². The molecule has 0 saturated carbocycles. The third-order valence-electron chi connectivity index (χ3n) is 6.90. The second-order valence-electron chi connectivity index (χ2n) is 9.81. The van der Waals surface area contributed by atoms with Gasteiger partial charge in [-0.2, -0.15) is 0 Å². The highest BCUT2D eigenvalue weighted by Gasteiger charge is 2.54. The predicted molar refractivity (Wildman–Crippen MR) is 124 cm³/mol. The van der Waals surface area contributed by atoms with Crippen molar-refractivity contribution in [2.24, 2.45) is 0 Å². The standard InChI is InChI=1S/C22H38N2O16/c1-6(28)23-11-13(30)8(3-25)37-21(16(11)33)40-19-14(31)9(4-26)38-22(17(19)34)39-18-10(5-27)36-20(35)12(15(18)32)24-7(2)29/h8-22,25-27,30-35H,3-5H2,1-2H3,(H,23,28)(H,24,29)/t8-,9-,10-,11+,12-,13+,14+,15-,16-,17-,18-,19+,20+,21+,22+/m1/s1. The fourth-order valence-corrected chi connectivity index (χ4v) is 4.88. The maximum Gasteiger partial charge on any atom is 0.217 e. The molecule has 0 unspecified atom stereocenters. The van der Waals surface area contributed by atoms with Crippen LogP contribution in [0, 0.1) is 0 Å². The Balaban J connectivity index is 1.83. The molecule has 3 fully saturated rings. The molecule has 232 valence electrons. The lowest BCUT2D eigenvalue weighted by molar-refractivity contribution is -0.370. The van der Waals surface area contributed by atoms with Crippen LogP contribution in [0.2, 0.25) is 0 Å². The van der Waals surface area contributed by atoms with E-state index < -0.39 is 124 Å². The van der Waals surface area contributed by atoms with Crippen LogP contribution in [0.5, 0.6) is 0 Å². The van der Waals surface area contributed by atoms with Crippen LogP contribution in [-0.2, 0) is 33.3 Å². The Labute approximate surface area is 228 Å². The third-order valence-corrected chi connectivity index (χ3v) is 6.90. The van der Waals surface area contributed by atoms with Gasteiger partial charge in [-0.05, 0) is 0 Å². The van der Waals surface area contributed by atoms with Crippen molar-refractivity contribution >= 4 is 11.8 Å². The first-order valence-electron chi connectivity index (χ1n) is 12.6. The first kappa shape index (κ1) is 32.9. The van der Waals surface area contributed by atoms with Gasteiger partial charge in [0.05, 0.1) is 25.9 Å². The number of amides is 2. The maximum absolute atomic E-state index is 11.6. The summed E-state index contributed by atoms with van der Waals surface area (Å²) in [6.07, 6.45) is -21.4. The van der Waals surface area contributed by atoms with Crippen LogP contribution in [0.4, 0.5) is 0 Å². The highest BCUT2D eigenvalue weighted by atomic mass is 16.7. The van der Waals surface area contributed by atoms with Crippen LogP contribution < -0.4 is 10.6 Å². The molecule has 11 N–H and O–H groups in total. The van der Waals surface area contributed by atoms with Gasteiger partial charge in [0.2, 0.25) is 11.8 Å². The Bertz CT molecular complexity index is 854. The molecule has 0 aromatic rings. The minimum absolute atomic E-state index is 0.630. The molecule has 18 heteroatoms. The van der Waals surface area contributed by atoms with Crippen LogP contribution in [0.15, 0.2) is 0 Å². The number of aliphatic hydroxyl groups is 9. The molecule has 0 aromatic heterocycles. The average molecular weight is 587 g/mol. The van der Waals surface area contributed by atoms with E-state index in [9.17, 15) is 55.5 Å². The highest BCUT2D eigenvalue weighted by Crippen LogP contribution is 2.32. The van der Waals surface area contributed by atoms with E-state index in [0.29, 0.717) is 0 Å². The van der Waals surface area contributed by atoms with Gasteiger partial charge in [-0.3, -0.25) is 9.59 Å². The first-order chi connectivity index (χ1) is 18.8. The van der Waals surface area contributed by atoms with Gasteiger partial charge in [-0.25, -0.2) is 0 Å². The summed E-state index contributed by atoms with van der Waals surface area (Å²) in [6.45, 7) is -0.115. The van der Waals surface area contributed by atoms with Gasteiger partial charge in [-0.1, -0.05) is 0 Å². The summed E-state index contributed by atoms with van der Waals surface area (Å²) in [6, 6.07) is -2.78. The molecule has 3 aliphatic heterocycles. The summed E-state index contributed by atoms with van der Waals surface area (Å²) in [5, 5.41) is 97.4. The second-order valence-corrected chi connectivity index (χ2v) is 9.81. The molecule has 3 saturated heterocycles. The van der Waals surface area contributed by atoms with E-state index in [0.717, 1.165) is 13.8 Å². The highest BCUT2D eigenvalue weighted by molar-refractivity contribution is 5.73.